The molecule has 0 aromatic heterocycles. The second-order valence-corrected chi connectivity index (χ2v) is 11.7. The van der Waals surface area contributed by atoms with Crippen LogP contribution in [0.2, 0.25) is 0 Å². The first kappa shape index (κ1) is 24.0. The van der Waals surface area contributed by atoms with Crippen LogP contribution in [0.3, 0.4) is 0 Å². The number of fused-ring (bicyclic) bond motifs is 1. The second kappa shape index (κ2) is 10.4. The highest BCUT2D eigenvalue weighted by molar-refractivity contribution is 5.83. The molecule has 0 radical (unpaired) electrons. The fourth-order valence-electron chi connectivity index (χ4n) is 7.19. The lowest BCUT2D eigenvalue weighted by molar-refractivity contribution is -0.138. The van der Waals surface area contributed by atoms with Gasteiger partial charge in [0.2, 0.25) is 5.91 Å². The zero-order valence-electron chi connectivity index (χ0n) is 20.3. The normalized spacial score (nSPS) is 36.9. The van der Waals surface area contributed by atoms with Gasteiger partial charge in [-0.05, 0) is 93.8 Å². The van der Waals surface area contributed by atoms with Gasteiger partial charge in [0.05, 0.1) is 18.6 Å². The van der Waals surface area contributed by atoms with Crippen LogP contribution in [-0.2, 0) is 4.79 Å². The van der Waals surface area contributed by atoms with Gasteiger partial charge in [-0.25, -0.2) is 0 Å². The molecule has 6 heteroatoms. The van der Waals surface area contributed by atoms with Gasteiger partial charge in [0.15, 0.2) is 0 Å². The summed E-state index contributed by atoms with van der Waals surface area (Å²) in [6.07, 6.45) is 10.7. The van der Waals surface area contributed by atoms with Crippen LogP contribution in [0.5, 0.6) is 0 Å². The quantitative estimate of drug-likeness (QED) is 0.466. The first-order chi connectivity index (χ1) is 15.4. The lowest BCUT2D eigenvalue weighted by Gasteiger charge is -2.41. The van der Waals surface area contributed by atoms with Crippen molar-refractivity contribution in [3.63, 3.8) is 0 Å². The number of amidine groups is 1. The summed E-state index contributed by atoms with van der Waals surface area (Å²) in [6, 6.07) is 0.359. The fourth-order valence-corrected chi connectivity index (χ4v) is 7.19. The third-order valence-corrected chi connectivity index (χ3v) is 9.48. The third kappa shape index (κ3) is 5.15. The third-order valence-electron chi connectivity index (χ3n) is 9.48. The Morgan fingerprint density at radius 1 is 1.00 bits per heavy atom. The van der Waals surface area contributed by atoms with Gasteiger partial charge < -0.3 is 10.6 Å². The monoisotopic (exact) mass is 448 g/mol. The van der Waals surface area contributed by atoms with Crippen molar-refractivity contribution in [2.24, 2.45) is 41.2 Å². The standard InChI is InChI=1S/C26H45FN4O/c1-17(2)20-5-3-19(4-6-20)16-31-23-14-22(25(28)29)8-7-21(23)13-24(31)26(32)30-11-9-18(15-27)10-12-30/h17-24H,3-16H2,1-2H3,(H3,28,29). The van der Waals surface area contributed by atoms with Crippen molar-refractivity contribution in [2.75, 3.05) is 26.3 Å². The van der Waals surface area contributed by atoms with Crippen molar-refractivity contribution in [1.29, 1.82) is 5.41 Å². The summed E-state index contributed by atoms with van der Waals surface area (Å²) in [4.78, 5) is 18.3. The smallest absolute Gasteiger partial charge is 0.239 e. The van der Waals surface area contributed by atoms with Crippen molar-refractivity contribution >= 4 is 11.7 Å². The number of amides is 1. The van der Waals surface area contributed by atoms with Crippen molar-refractivity contribution < 1.29 is 9.18 Å². The highest BCUT2D eigenvalue weighted by atomic mass is 19.1. The summed E-state index contributed by atoms with van der Waals surface area (Å²) < 4.78 is 13.1. The second-order valence-electron chi connectivity index (χ2n) is 11.7. The summed E-state index contributed by atoms with van der Waals surface area (Å²) >= 11 is 0. The molecule has 0 spiro atoms. The molecule has 2 saturated carbocycles. The van der Waals surface area contributed by atoms with E-state index in [0.29, 0.717) is 36.8 Å². The maximum absolute atomic E-state index is 13.7. The highest BCUT2D eigenvalue weighted by Gasteiger charge is 2.49. The van der Waals surface area contributed by atoms with Crippen LogP contribution < -0.4 is 5.73 Å². The Labute approximate surface area is 194 Å². The Morgan fingerprint density at radius 3 is 2.28 bits per heavy atom. The molecule has 4 aliphatic rings. The molecule has 0 bridgehead atoms. The molecule has 2 heterocycles. The number of carbonyl (C=O) groups is 1. The molecule has 5 nitrogen and oxygen atoms in total. The predicted octanol–water partition coefficient (Wildman–Crippen LogP) is 4.45. The Bertz CT molecular complexity index is 654. The van der Waals surface area contributed by atoms with Crippen LogP contribution in [-0.4, -0.2) is 59.9 Å². The number of halogens is 1. The van der Waals surface area contributed by atoms with E-state index >= 15 is 0 Å². The van der Waals surface area contributed by atoms with E-state index in [-0.39, 0.29) is 30.5 Å². The molecular weight excluding hydrogens is 403 g/mol. The maximum atomic E-state index is 13.7. The first-order valence-electron chi connectivity index (χ1n) is 13.3. The maximum Gasteiger partial charge on any atom is 0.239 e. The minimum atomic E-state index is -0.257. The highest BCUT2D eigenvalue weighted by Crippen LogP contribution is 2.44. The van der Waals surface area contributed by atoms with E-state index in [1.165, 1.54) is 25.7 Å². The topological polar surface area (TPSA) is 73.4 Å². The minimum Gasteiger partial charge on any atom is -0.387 e. The van der Waals surface area contributed by atoms with E-state index in [2.05, 4.69) is 18.7 Å². The lowest BCUT2D eigenvalue weighted by Crippen LogP contribution is -2.52. The van der Waals surface area contributed by atoms with E-state index in [1.807, 2.05) is 4.90 Å². The van der Waals surface area contributed by atoms with E-state index in [1.54, 1.807) is 0 Å². The van der Waals surface area contributed by atoms with Crippen molar-refractivity contribution in [1.82, 2.24) is 9.80 Å². The Kier molecular flexibility index (Phi) is 7.79. The number of nitrogens with zero attached hydrogens (tertiary/aromatic N) is 2. The molecule has 2 saturated heterocycles. The lowest BCUT2D eigenvalue weighted by atomic mass is 9.76. The van der Waals surface area contributed by atoms with Gasteiger partial charge in [0.1, 0.15) is 0 Å². The number of nitrogens with two attached hydrogens (primary N) is 1. The van der Waals surface area contributed by atoms with E-state index in [0.717, 1.165) is 56.9 Å². The SMILES string of the molecule is CC(C)C1CCC(CN2C(C(=O)N3CCC(CF)CC3)CC3CCC(C(=N)N)CC32)CC1. The average molecular weight is 449 g/mol. The number of rotatable bonds is 6. The average Bonchev–Trinajstić information content (AvgIpc) is 3.16. The molecule has 182 valence electrons. The van der Waals surface area contributed by atoms with Crippen LogP contribution in [0.25, 0.3) is 0 Å². The molecule has 32 heavy (non-hydrogen) atoms. The molecule has 3 N–H and O–H groups in total. The summed E-state index contributed by atoms with van der Waals surface area (Å²) in [6.45, 7) is 6.88. The van der Waals surface area contributed by atoms with Gasteiger partial charge in [-0.15, -0.1) is 0 Å². The number of hydrogen-bond donors (Lipinski definition) is 2. The summed E-state index contributed by atoms with van der Waals surface area (Å²) in [5.74, 6) is 3.75. The van der Waals surface area contributed by atoms with Crippen molar-refractivity contribution in [3.8, 4) is 0 Å². The summed E-state index contributed by atoms with van der Waals surface area (Å²) in [5, 5.41) is 8.01. The molecule has 4 unspecified atom stereocenters. The Hall–Kier alpha value is -1.17. The molecule has 4 fully saturated rings. The number of piperidine rings is 1. The predicted molar refractivity (Wildman–Crippen MR) is 127 cm³/mol. The molecule has 2 aliphatic carbocycles. The van der Waals surface area contributed by atoms with Crippen LogP contribution >= 0.6 is 0 Å². The van der Waals surface area contributed by atoms with Gasteiger partial charge in [0, 0.05) is 31.6 Å². The summed E-state index contributed by atoms with van der Waals surface area (Å²) in [5.41, 5.74) is 5.92. The van der Waals surface area contributed by atoms with E-state index in [9.17, 15) is 9.18 Å². The first-order valence-corrected chi connectivity index (χ1v) is 13.3. The molecule has 4 rings (SSSR count). The molecule has 0 aromatic rings. The van der Waals surface area contributed by atoms with Gasteiger partial charge in [-0.3, -0.25) is 19.5 Å². The van der Waals surface area contributed by atoms with E-state index in [4.69, 9.17) is 11.1 Å². The molecule has 0 aromatic carbocycles. The zero-order chi connectivity index (χ0) is 22.8. The number of likely N-dealkylation sites (tertiary alicyclic amines) is 2. The fraction of sp³-hybridized carbons (Fsp3) is 0.923. The van der Waals surface area contributed by atoms with Gasteiger partial charge in [-0.1, -0.05) is 13.8 Å². The van der Waals surface area contributed by atoms with Crippen molar-refractivity contribution in [3.05, 3.63) is 0 Å². The molecule has 4 atom stereocenters. The number of hydrogen-bond acceptors (Lipinski definition) is 3. The zero-order valence-corrected chi connectivity index (χ0v) is 20.3. The van der Waals surface area contributed by atoms with Crippen molar-refractivity contribution in [2.45, 2.75) is 90.1 Å². The van der Waals surface area contributed by atoms with Crippen LogP contribution in [0.1, 0.15) is 78.1 Å². The number of carbonyl (C=O) groups excluding carboxylic acids is 1. The molecule has 2 aliphatic heterocycles. The van der Waals surface area contributed by atoms with E-state index < -0.39 is 0 Å². The minimum absolute atomic E-state index is 0.0274. The number of alkyl halides is 1. The van der Waals surface area contributed by atoms with Gasteiger partial charge >= 0.3 is 0 Å². The summed E-state index contributed by atoms with van der Waals surface area (Å²) in [7, 11) is 0. The number of nitrogens with one attached hydrogen (secondary N) is 1. The van der Waals surface area contributed by atoms with Gasteiger partial charge in [0.25, 0.3) is 0 Å². The van der Waals surface area contributed by atoms with Gasteiger partial charge in [-0.2, -0.15) is 0 Å². The Balaban J connectivity index is 1.46. The Morgan fingerprint density at radius 2 is 1.69 bits per heavy atom. The van der Waals surface area contributed by atoms with Crippen LogP contribution in [0.4, 0.5) is 4.39 Å². The molecular formula is C26H45FN4O. The molecule has 1 amide bonds. The van der Waals surface area contributed by atoms with Crippen LogP contribution in [0.15, 0.2) is 0 Å². The van der Waals surface area contributed by atoms with Crippen LogP contribution in [0, 0.1) is 40.9 Å². The largest absolute Gasteiger partial charge is 0.387 e.